The molecule has 0 radical (unpaired) electrons. The Kier molecular flexibility index (Phi) is 5.26. The van der Waals surface area contributed by atoms with Crippen LogP contribution in [0.5, 0.6) is 0 Å². The second-order valence-corrected chi connectivity index (χ2v) is 7.03. The van der Waals surface area contributed by atoms with Crippen LogP contribution in [0, 0.1) is 6.92 Å². The lowest BCUT2D eigenvalue weighted by Gasteiger charge is -2.10. The summed E-state index contributed by atoms with van der Waals surface area (Å²) in [7, 11) is 0. The number of carboxylic acid groups (broad SMARTS) is 1. The minimum Gasteiger partial charge on any atom is -0.480 e. The van der Waals surface area contributed by atoms with Gasteiger partial charge in [0, 0.05) is 23.2 Å². The van der Waals surface area contributed by atoms with Crippen molar-refractivity contribution in [1.29, 1.82) is 0 Å². The monoisotopic (exact) mass is 352 g/mol. The van der Waals surface area contributed by atoms with Crippen molar-refractivity contribution in [2.45, 2.75) is 26.4 Å². The largest absolute Gasteiger partial charge is 0.480 e. The summed E-state index contributed by atoms with van der Waals surface area (Å²) < 4.78 is 0. The van der Waals surface area contributed by atoms with Crippen molar-refractivity contribution < 1.29 is 9.90 Å². The van der Waals surface area contributed by atoms with Crippen molar-refractivity contribution in [2.24, 2.45) is 0 Å². The number of rotatable bonds is 6. The lowest BCUT2D eigenvalue weighted by Crippen LogP contribution is -2.32. The Morgan fingerprint density at radius 2 is 1.88 bits per heavy atom. The summed E-state index contributed by atoms with van der Waals surface area (Å²) in [5.41, 5.74) is 4.70. The van der Waals surface area contributed by atoms with Gasteiger partial charge in [0.2, 0.25) is 0 Å². The summed E-state index contributed by atoms with van der Waals surface area (Å²) in [5.74, 6) is -0.851. The first-order chi connectivity index (χ1) is 12.1. The molecule has 0 aliphatic heterocycles. The summed E-state index contributed by atoms with van der Waals surface area (Å²) in [6.45, 7) is 4.25. The fourth-order valence-corrected chi connectivity index (χ4v) is 3.60. The third kappa shape index (κ3) is 3.95. The van der Waals surface area contributed by atoms with Crippen LogP contribution in [-0.2, 0) is 11.3 Å². The molecule has 1 atom stereocenters. The molecule has 0 aliphatic carbocycles. The number of hydrogen-bond donors (Lipinski definition) is 2. The van der Waals surface area contributed by atoms with Gasteiger partial charge in [-0.3, -0.25) is 10.1 Å². The number of carboxylic acids is 1. The topological polar surface area (TPSA) is 62.2 Å². The molecule has 3 rings (SSSR count). The molecule has 0 saturated carbocycles. The molecule has 0 aliphatic rings. The zero-order chi connectivity index (χ0) is 17.8. The van der Waals surface area contributed by atoms with Gasteiger partial charge in [-0.15, -0.1) is 11.3 Å². The van der Waals surface area contributed by atoms with E-state index in [1.54, 1.807) is 18.3 Å². The van der Waals surface area contributed by atoms with E-state index in [-0.39, 0.29) is 0 Å². The Hall–Kier alpha value is -2.50. The predicted molar refractivity (Wildman–Crippen MR) is 102 cm³/mol. The van der Waals surface area contributed by atoms with Crippen molar-refractivity contribution in [1.82, 2.24) is 10.3 Å². The summed E-state index contributed by atoms with van der Waals surface area (Å²) >= 11 is 1.59. The van der Waals surface area contributed by atoms with E-state index >= 15 is 0 Å². The second-order valence-electron chi connectivity index (χ2n) is 5.92. The molecule has 2 N–H and O–H groups in total. The first kappa shape index (κ1) is 17.3. The van der Waals surface area contributed by atoms with Crippen molar-refractivity contribution in [3.8, 4) is 21.7 Å². The molecular weight excluding hydrogens is 332 g/mol. The Balaban J connectivity index is 1.85. The predicted octanol–water partition coefficient (Wildman–Crippen LogP) is 4.35. The van der Waals surface area contributed by atoms with Crippen LogP contribution in [0.3, 0.4) is 0 Å². The van der Waals surface area contributed by atoms with E-state index in [1.807, 2.05) is 24.4 Å². The van der Waals surface area contributed by atoms with E-state index in [9.17, 15) is 4.79 Å². The average molecular weight is 352 g/mol. The van der Waals surface area contributed by atoms with Gasteiger partial charge in [0.15, 0.2) is 0 Å². The summed E-state index contributed by atoms with van der Waals surface area (Å²) in [6, 6.07) is 16.0. The molecule has 4 nitrogen and oxygen atoms in total. The van der Waals surface area contributed by atoms with Crippen LogP contribution >= 0.6 is 11.3 Å². The second kappa shape index (κ2) is 7.59. The fourth-order valence-electron chi connectivity index (χ4n) is 2.65. The number of hydrogen-bond acceptors (Lipinski definition) is 4. The molecule has 0 spiro atoms. The van der Waals surface area contributed by atoms with E-state index in [2.05, 4.69) is 47.6 Å². The van der Waals surface area contributed by atoms with Gasteiger partial charge in [0.1, 0.15) is 11.0 Å². The molecule has 5 heteroatoms. The van der Waals surface area contributed by atoms with Crippen LogP contribution in [-0.4, -0.2) is 22.1 Å². The highest BCUT2D eigenvalue weighted by molar-refractivity contribution is 7.15. The Morgan fingerprint density at radius 1 is 1.16 bits per heavy atom. The molecule has 25 heavy (non-hydrogen) atoms. The molecule has 0 bridgehead atoms. The van der Waals surface area contributed by atoms with E-state index in [0.29, 0.717) is 6.54 Å². The minimum atomic E-state index is -0.851. The maximum Gasteiger partial charge on any atom is 0.320 e. The molecule has 0 amide bonds. The SMILES string of the molecule is Cc1c(-c2ccccc2)cccc1-c1ncc(CNC(C)C(=O)O)s1. The van der Waals surface area contributed by atoms with Gasteiger partial charge in [-0.2, -0.15) is 0 Å². The van der Waals surface area contributed by atoms with E-state index in [4.69, 9.17) is 5.11 Å². The van der Waals surface area contributed by atoms with Crippen LogP contribution in [0.2, 0.25) is 0 Å². The molecular formula is C20H20N2O2S. The zero-order valence-corrected chi connectivity index (χ0v) is 15.0. The fraction of sp³-hybridized carbons (Fsp3) is 0.200. The van der Waals surface area contributed by atoms with Crippen molar-refractivity contribution in [3.05, 3.63) is 65.2 Å². The smallest absolute Gasteiger partial charge is 0.320 e. The summed E-state index contributed by atoms with van der Waals surface area (Å²) in [4.78, 5) is 16.4. The minimum absolute atomic E-state index is 0.503. The standard InChI is InChI=1S/C20H20N2O2S/c1-13-17(15-7-4-3-5-8-15)9-6-10-18(13)19-22-12-16(25-19)11-21-14(2)20(23)24/h3-10,12,14,21H,11H2,1-2H3,(H,23,24). The number of carbonyl (C=O) groups is 1. The maximum absolute atomic E-state index is 10.9. The molecule has 1 aromatic heterocycles. The van der Waals surface area contributed by atoms with Gasteiger partial charge < -0.3 is 5.11 Å². The zero-order valence-electron chi connectivity index (χ0n) is 14.2. The number of aliphatic carboxylic acids is 1. The first-order valence-corrected chi connectivity index (χ1v) is 8.94. The number of nitrogens with zero attached hydrogens (tertiary/aromatic N) is 1. The Labute approximate surface area is 151 Å². The Morgan fingerprint density at radius 3 is 2.60 bits per heavy atom. The van der Waals surface area contributed by atoms with Gasteiger partial charge in [-0.1, -0.05) is 48.5 Å². The molecule has 1 unspecified atom stereocenters. The normalized spacial score (nSPS) is 12.1. The van der Waals surface area contributed by atoms with E-state index in [1.165, 1.54) is 16.7 Å². The average Bonchev–Trinajstić information content (AvgIpc) is 3.09. The van der Waals surface area contributed by atoms with Gasteiger partial charge in [0.25, 0.3) is 0 Å². The summed E-state index contributed by atoms with van der Waals surface area (Å²) in [5, 5.41) is 12.9. The van der Waals surface area contributed by atoms with Gasteiger partial charge in [-0.25, -0.2) is 4.98 Å². The molecule has 1 heterocycles. The van der Waals surface area contributed by atoms with Gasteiger partial charge in [-0.05, 0) is 30.5 Å². The van der Waals surface area contributed by atoms with Crippen LogP contribution in [0.1, 0.15) is 17.4 Å². The quantitative estimate of drug-likeness (QED) is 0.692. The highest BCUT2D eigenvalue weighted by Gasteiger charge is 2.13. The highest BCUT2D eigenvalue weighted by atomic mass is 32.1. The van der Waals surface area contributed by atoms with Crippen LogP contribution in [0.4, 0.5) is 0 Å². The number of aromatic nitrogens is 1. The number of benzene rings is 2. The van der Waals surface area contributed by atoms with Crippen molar-refractivity contribution in [2.75, 3.05) is 0 Å². The lowest BCUT2D eigenvalue weighted by molar-refractivity contribution is -0.139. The van der Waals surface area contributed by atoms with E-state index in [0.717, 1.165) is 15.4 Å². The van der Waals surface area contributed by atoms with E-state index < -0.39 is 12.0 Å². The molecule has 2 aromatic carbocycles. The third-order valence-electron chi connectivity index (χ3n) is 4.16. The molecule has 128 valence electrons. The van der Waals surface area contributed by atoms with Crippen molar-refractivity contribution >= 4 is 17.3 Å². The summed E-state index contributed by atoms with van der Waals surface area (Å²) in [6.07, 6.45) is 1.82. The third-order valence-corrected chi connectivity index (χ3v) is 5.19. The lowest BCUT2D eigenvalue weighted by atomic mass is 9.97. The number of nitrogens with one attached hydrogen (secondary N) is 1. The highest BCUT2D eigenvalue weighted by Crippen LogP contribution is 2.33. The van der Waals surface area contributed by atoms with Crippen LogP contribution in [0.25, 0.3) is 21.7 Å². The van der Waals surface area contributed by atoms with Crippen LogP contribution in [0.15, 0.2) is 54.7 Å². The van der Waals surface area contributed by atoms with Gasteiger partial charge in [0.05, 0.1) is 0 Å². The maximum atomic E-state index is 10.9. The molecule has 3 aromatic rings. The number of thiazole rings is 1. The Bertz CT molecular complexity index is 874. The first-order valence-electron chi connectivity index (χ1n) is 8.12. The molecule has 0 fully saturated rings. The van der Waals surface area contributed by atoms with Crippen LogP contribution < -0.4 is 5.32 Å². The van der Waals surface area contributed by atoms with Crippen molar-refractivity contribution in [3.63, 3.8) is 0 Å². The molecule has 0 saturated heterocycles. The van der Waals surface area contributed by atoms with Gasteiger partial charge >= 0.3 is 5.97 Å².